The monoisotopic (exact) mass is 204 g/mol. The highest BCUT2D eigenvalue weighted by molar-refractivity contribution is 5.91. The summed E-state index contributed by atoms with van der Waals surface area (Å²) in [7, 11) is 1.40. The lowest BCUT2D eigenvalue weighted by molar-refractivity contribution is -0.137. The van der Waals surface area contributed by atoms with Crippen molar-refractivity contribution < 1.29 is 14.3 Å². The molecule has 1 fully saturated rings. The molecule has 0 aromatic rings. The van der Waals surface area contributed by atoms with Crippen LogP contribution in [0, 0.1) is 5.92 Å². The Labute approximate surface area is 88.1 Å². The molecule has 3 rings (SSSR count). The fourth-order valence-electron chi connectivity index (χ4n) is 2.28. The minimum atomic E-state index is -0.290. The van der Waals surface area contributed by atoms with Crippen LogP contribution in [-0.2, 0) is 14.3 Å². The summed E-state index contributed by atoms with van der Waals surface area (Å²) in [5, 5.41) is 0. The van der Waals surface area contributed by atoms with E-state index in [9.17, 15) is 4.79 Å². The third-order valence-corrected chi connectivity index (χ3v) is 3.17. The molecule has 0 spiro atoms. The van der Waals surface area contributed by atoms with Gasteiger partial charge in [-0.25, -0.2) is 4.79 Å². The highest BCUT2D eigenvalue weighted by Gasteiger charge is 2.42. The maximum Gasteiger partial charge on any atom is 0.336 e. The van der Waals surface area contributed by atoms with Crippen LogP contribution in [0.1, 0.15) is 6.42 Å². The SMILES string of the molecule is COC(=O)C1=CC=CC2=C3CC3COC12. The Morgan fingerprint density at radius 1 is 1.60 bits per heavy atom. The third-order valence-electron chi connectivity index (χ3n) is 3.17. The van der Waals surface area contributed by atoms with E-state index in [1.54, 1.807) is 6.08 Å². The number of allylic oxidation sites excluding steroid dienone is 2. The van der Waals surface area contributed by atoms with Crippen LogP contribution in [0.3, 0.4) is 0 Å². The molecule has 0 bridgehead atoms. The van der Waals surface area contributed by atoms with E-state index in [4.69, 9.17) is 9.47 Å². The van der Waals surface area contributed by atoms with Gasteiger partial charge in [-0.1, -0.05) is 17.7 Å². The molecule has 3 nitrogen and oxygen atoms in total. The van der Waals surface area contributed by atoms with Crippen molar-refractivity contribution in [2.45, 2.75) is 12.5 Å². The van der Waals surface area contributed by atoms with Gasteiger partial charge >= 0.3 is 5.97 Å². The van der Waals surface area contributed by atoms with Gasteiger partial charge in [-0.3, -0.25) is 0 Å². The summed E-state index contributed by atoms with van der Waals surface area (Å²) in [6.45, 7) is 0.742. The second-order valence-electron chi connectivity index (χ2n) is 4.07. The van der Waals surface area contributed by atoms with Crippen LogP contribution in [0.15, 0.2) is 34.9 Å². The first kappa shape index (κ1) is 8.92. The Balaban J connectivity index is 1.98. The molecule has 3 heteroatoms. The van der Waals surface area contributed by atoms with Crippen LogP contribution in [0.25, 0.3) is 0 Å². The summed E-state index contributed by atoms with van der Waals surface area (Å²) in [5.41, 5.74) is 3.25. The molecule has 0 radical (unpaired) electrons. The fourth-order valence-corrected chi connectivity index (χ4v) is 2.28. The number of fused-ring (bicyclic) bond motifs is 2. The van der Waals surface area contributed by atoms with Crippen LogP contribution >= 0.6 is 0 Å². The van der Waals surface area contributed by atoms with Crippen molar-refractivity contribution in [2.75, 3.05) is 13.7 Å². The Morgan fingerprint density at radius 3 is 3.27 bits per heavy atom. The fraction of sp³-hybridized carbons (Fsp3) is 0.417. The lowest BCUT2D eigenvalue weighted by atomic mass is 9.94. The first-order valence-electron chi connectivity index (χ1n) is 5.12. The van der Waals surface area contributed by atoms with Gasteiger partial charge in [0.1, 0.15) is 6.10 Å². The molecule has 0 aromatic heterocycles. The van der Waals surface area contributed by atoms with Crippen molar-refractivity contribution >= 4 is 5.97 Å². The smallest absolute Gasteiger partial charge is 0.336 e. The first-order valence-corrected chi connectivity index (χ1v) is 5.12. The van der Waals surface area contributed by atoms with Gasteiger partial charge in [-0.15, -0.1) is 0 Å². The number of hydrogen-bond acceptors (Lipinski definition) is 3. The Kier molecular flexibility index (Phi) is 1.83. The maximum absolute atomic E-state index is 11.5. The first-order chi connectivity index (χ1) is 7.31. The van der Waals surface area contributed by atoms with E-state index in [0.29, 0.717) is 11.5 Å². The lowest BCUT2D eigenvalue weighted by Crippen LogP contribution is -2.28. The minimum absolute atomic E-state index is 0.184. The van der Waals surface area contributed by atoms with Crippen molar-refractivity contribution in [3.8, 4) is 0 Å². The van der Waals surface area contributed by atoms with E-state index in [0.717, 1.165) is 13.0 Å². The van der Waals surface area contributed by atoms with Crippen molar-refractivity contribution in [3.05, 3.63) is 34.9 Å². The lowest BCUT2D eigenvalue weighted by Gasteiger charge is -2.25. The van der Waals surface area contributed by atoms with E-state index >= 15 is 0 Å². The maximum atomic E-state index is 11.5. The molecule has 15 heavy (non-hydrogen) atoms. The quantitative estimate of drug-likeness (QED) is 0.605. The zero-order valence-corrected chi connectivity index (χ0v) is 8.53. The second kappa shape index (κ2) is 3.07. The van der Waals surface area contributed by atoms with Crippen LogP contribution in [-0.4, -0.2) is 25.8 Å². The predicted octanol–water partition coefficient (Wildman–Crippen LogP) is 1.37. The van der Waals surface area contributed by atoms with Crippen molar-refractivity contribution in [2.24, 2.45) is 5.92 Å². The summed E-state index contributed by atoms with van der Waals surface area (Å²) >= 11 is 0. The van der Waals surface area contributed by atoms with Gasteiger partial charge in [0, 0.05) is 5.92 Å². The summed E-state index contributed by atoms with van der Waals surface area (Å²) in [6.07, 6.45) is 6.67. The van der Waals surface area contributed by atoms with E-state index in [2.05, 4.69) is 0 Å². The molecule has 0 aromatic carbocycles. The predicted molar refractivity (Wildman–Crippen MR) is 54.1 cm³/mol. The topological polar surface area (TPSA) is 35.5 Å². The van der Waals surface area contributed by atoms with Crippen LogP contribution in [0.5, 0.6) is 0 Å². The zero-order valence-electron chi connectivity index (χ0n) is 8.53. The van der Waals surface area contributed by atoms with Gasteiger partial charge in [0.15, 0.2) is 0 Å². The number of hydrogen-bond donors (Lipinski definition) is 0. The molecular formula is C12H12O3. The highest BCUT2D eigenvalue weighted by atomic mass is 16.5. The van der Waals surface area contributed by atoms with Crippen molar-refractivity contribution in [3.63, 3.8) is 0 Å². The molecule has 0 saturated heterocycles. The molecular weight excluding hydrogens is 192 g/mol. The number of carbonyl (C=O) groups is 1. The van der Waals surface area contributed by atoms with Gasteiger partial charge in [-0.05, 0) is 18.1 Å². The summed E-state index contributed by atoms with van der Waals surface area (Å²) in [6, 6.07) is 0. The molecule has 0 N–H and O–H groups in total. The molecule has 1 heterocycles. The molecule has 3 aliphatic rings. The Bertz CT molecular complexity index is 415. The van der Waals surface area contributed by atoms with Gasteiger partial charge in [0.05, 0.1) is 19.3 Å². The van der Waals surface area contributed by atoms with E-state index in [1.807, 2.05) is 12.2 Å². The second-order valence-corrected chi connectivity index (χ2v) is 4.07. The van der Waals surface area contributed by atoms with E-state index in [-0.39, 0.29) is 12.1 Å². The van der Waals surface area contributed by atoms with Crippen molar-refractivity contribution in [1.82, 2.24) is 0 Å². The zero-order chi connectivity index (χ0) is 10.4. The van der Waals surface area contributed by atoms with E-state index in [1.165, 1.54) is 18.3 Å². The standard InChI is InChI=1S/C12H12O3/c1-14-12(13)9-4-2-3-8-10-5-7(10)6-15-11(8)9/h2-4,7,11H,5-6H2,1H3. The van der Waals surface area contributed by atoms with Gasteiger partial charge in [0.2, 0.25) is 0 Å². The molecule has 2 atom stereocenters. The summed E-state index contributed by atoms with van der Waals surface area (Å²) in [5.74, 6) is 0.319. The number of methoxy groups -OCH3 is 1. The molecule has 1 aliphatic heterocycles. The molecule has 1 saturated carbocycles. The van der Waals surface area contributed by atoms with Crippen LogP contribution in [0.2, 0.25) is 0 Å². The number of ether oxygens (including phenoxy) is 2. The van der Waals surface area contributed by atoms with Gasteiger partial charge < -0.3 is 9.47 Å². The van der Waals surface area contributed by atoms with Crippen LogP contribution < -0.4 is 0 Å². The third kappa shape index (κ3) is 1.27. The number of esters is 1. The Hall–Kier alpha value is -1.35. The number of rotatable bonds is 1. The van der Waals surface area contributed by atoms with E-state index < -0.39 is 0 Å². The summed E-state index contributed by atoms with van der Waals surface area (Å²) in [4.78, 5) is 11.5. The molecule has 78 valence electrons. The molecule has 0 amide bonds. The molecule has 2 aliphatic carbocycles. The van der Waals surface area contributed by atoms with Crippen molar-refractivity contribution in [1.29, 1.82) is 0 Å². The minimum Gasteiger partial charge on any atom is -0.466 e. The van der Waals surface area contributed by atoms with Crippen LogP contribution in [0.4, 0.5) is 0 Å². The average molecular weight is 204 g/mol. The Morgan fingerprint density at radius 2 is 2.47 bits per heavy atom. The highest BCUT2D eigenvalue weighted by Crippen LogP contribution is 2.47. The normalized spacial score (nSPS) is 31.7. The van der Waals surface area contributed by atoms with Gasteiger partial charge in [0.25, 0.3) is 0 Å². The number of carbonyl (C=O) groups excluding carboxylic acids is 1. The largest absolute Gasteiger partial charge is 0.466 e. The average Bonchev–Trinajstić information content (AvgIpc) is 3.06. The summed E-state index contributed by atoms with van der Waals surface area (Å²) < 4.78 is 10.4. The van der Waals surface area contributed by atoms with Gasteiger partial charge in [-0.2, -0.15) is 0 Å². The molecule has 2 unspecified atom stereocenters.